The van der Waals surface area contributed by atoms with Gasteiger partial charge in [0.05, 0.1) is 16.9 Å². The molecule has 3 heterocycles. The van der Waals surface area contributed by atoms with Gasteiger partial charge in [-0.3, -0.25) is 4.90 Å². The van der Waals surface area contributed by atoms with Crippen LogP contribution in [-0.2, 0) is 0 Å². The number of halogens is 4. The van der Waals surface area contributed by atoms with Crippen LogP contribution in [0, 0.1) is 18.6 Å². The fourth-order valence-corrected chi connectivity index (χ4v) is 3.66. The summed E-state index contributed by atoms with van der Waals surface area (Å²) in [6.07, 6.45) is 7.59. The molecule has 4 rings (SSSR count). The van der Waals surface area contributed by atoms with Crippen LogP contribution < -0.4 is 4.90 Å². The second kappa shape index (κ2) is 10.2. The topological polar surface area (TPSA) is 37.2 Å². The maximum atomic E-state index is 13.4. The number of benzene rings is 1. The van der Waals surface area contributed by atoms with E-state index >= 15 is 0 Å². The summed E-state index contributed by atoms with van der Waals surface area (Å²) in [5.41, 5.74) is 2.63. The number of nitrogens with zero attached hydrogens (tertiary/aromatic N) is 5. The molecule has 0 amide bonds. The number of anilines is 1. The summed E-state index contributed by atoms with van der Waals surface area (Å²) in [5, 5.41) is 5.01. The van der Waals surface area contributed by atoms with Crippen molar-refractivity contribution in [3.05, 3.63) is 76.7 Å². The Morgan fingerprint density at radius 1 is 1.03 bits per heavy atom. The predicted molar refractivity (Wildman–Crippen MR) is 122 cm³/mol. The van der Waals surface area contributed by atoms with Gasteiger partial charge in [0, 0.05) is 56.2 Å². The molecule has 1 saturated heterocycles. The quantitative estimate of drug-likeness (QED) is 0.543. The van der Waals surface area contributed by atoms with Crippen molar-refractivity contribution >= 4 is 35.8 Å². The second-order valence-corrected chi connectivity index (χ2v) is 7.69. The van der Waals surface area contributed by atoms with Crippen molar-refractivity contribution < 1.29 is 8.78 Å². The van der Waals surface area contributed by atoms with Gasteiger partial charge in [-0.1, -0.05) is 23.8 Å². The molecular weight excluding hydrogens is 443 g/mol. The first kappa shape index (κ1) is 23.2. The molecule has 0 spiro atoms. The summed E-state index contributed by atoms with van der Waals surface area (Å²) in [5.74, 6) is -0.360. The smallest absolute Gasteiger partial charge is 0.153 e. The molecular formula is C22H23Cl2F2N5. The Balaban J connectivity index is 0.00000272. The van der Waals surface area contributed by atoms with Crippen molar-refractivity contribution in [2.45, 2.75) is 6.92 Å². The molecule has 164 valence electrons. The third-order valence-electron chi connectivity index (χ3n) is 5.22. The van der Waals surface area contributed by atoms with E-state index in [4.69, 9.17) is 11.6 Å². The normalized spacial score (nSPS) is 14.8. The molecule has 2 aromatic heterocycles. The molecule has 31 heavy (non-hydrogen) atoms. The Hall–Kier alpha value is -2.48. The van der Waals surface area contributed by atoms with Crippen LogP contribution in [0.1, 0.15) is 11.3 Å². The molecule has 1 aliphatic heterocycles. The molecule has 1 fully saturated rings. The van der Waals surface area contributed by atoms with E-state index in [1.807, 2.05) is 24.1 Å². The highest BCUT2D eigenvalue weighted by molar-refractivity contribution is 6.30. The largest absolute Gasteiger partial charge is 0.369 e. The SMILES string of the molecule is Cc1c(C=CCN2CCN(c3cc(F)cc(F)c3)CC2)cnn1-c1ccc(Cl)cn1.Cl. The molecule has 0 atom stereocenters. The summed E-state index contributed by atoms with van der Waals surface area (Å²) in [6.45, 7) is 5.92. The third-order valence-corrected chi connectivity index (χ3v) is 5.45. The minimum absolute atomic E-state index is 0. The number of piperazine rings is 1. The van der Waals surface area contributed by atoms with Crippen molar-refractivity contribution in [2.24, 2.45) is 0 Å². The van der Waals surface area contributed by atoms with Gasteiger partial charge in [-0.25, -0.2) is 18.4 Å². The zero-order valence-electron chi connectivity index (χ0n) is 17.0. The highest BCUT2D eigenvalue weighted by atomic mass is 35.5. The lowest BCUT2D eigenvalue weighted by molar-refractivity contribution is 0.284. The van der Waals surface area contributed by atoms with Gasteiger partial charge in [-0.15, -0.1) is 12.4 Å². The first-order valence-corrected chi connectivity index (χ1v) is 10.1. The maximum Gasteiger partial charge on any atom is 0.153 e. The Morgan fingerprint density at radius 2 is 1.74 bits per heavy atom. The molecule has 0 bridgehead atoms. The van der Waals surface area contributed by atoms with E-state index in [-0.39, 0.29) is 12.4 Å². The van der Waals surface area contributed by atoms with E-state index in [2.05, 4.69) is 27.1 Å². The monoisotopic (exact) mass is 465 g/mol. The van der Waals surface area contributed by atoms with Crippen LogP contribution >= 0.6 is 24.0 Å². The molecule has 1 aromatic carbocycles. The van der Waals surface area contributed by atoms with Gasteiger partial charge in [-0.2, -0.15) is 5.10 Å². The van der Waals surface area contributed by atoms with Crippen LogP contribution in [0.5, 0.6) is 0 Å². The van der Waals surface area contributed by atoms with E-state index in [1.54, 1.807) is 16.9 Å². The molecule has 3 aromatic rings. The van der Waals surface area contributed by atoms with Crippen molar-refractivity contribution in [3.63, 3.8) is 0 Å². The van der Waals surface area contributed by atoms with Crippen LogP contribution in [-0.4, -0.2) is 52.4 Å². The van der Waals surface area contributed by atoms with Gasteiger partial charge >= 0.3 is 0 Å². The van der Waals surface area contributed by atoms with Crippen LogP contribution in [0.2, 0.25) is 5.02 Å². The highest BCUT2D eigenvalue weighted by Crippen LogP contribution is 2.20. The van der Waals surface area contributed by atoms with Gasteiger partial charge in [0.2, 0.25) is 0 Å². The average Bonchev–Trinajstić information content (AvgIpc) is 3.09. The maximum absolute atomic E-state index is 13.4. The average molecular weight is 466 g/mol. The first-order valence-electron chi connectivity index (χ1n) is 9.76. The number of hydrogen-bond acceptors (Lipinski definition) is 4. The van der Waals surface area contributed by atoms with Gasteiger partial charge < -0.3 is 4.90 Å². The van der Waals surface area contributed by atoms with E-state index in [0.29, 0.717) is 10.7 Å². The molecule has 0 radical (unpaired) electrons. The summed E-state index contributed by atoms with van der Waals surface area (Å²) < 4.78 is 28.7. The van der Waals surface area contributed by atoms with Gasteiger partial charge in [-0.05, 0) is 31.2 Å². The second-order valence-electron chi connectivity index (χ2n) is 7.25. The van der Waals surface area contributed by atoms with E-state index in [0.717, 1.165) is 55.9 Å². The van der Waals surface area contributed by atoms with Crippen LogP contribution in [0.4, 0.5) is 14.5 Å². The molecule has 0 N–H and O–H groups in total. The lowest BCUT2D eigenvalue weighted by Crippen LogP contribution is -2.46. The highest BCUT2D eigenvalue weighted by Gasteiger charge is 2.17. The first-order chi connectivity index (χ1) is 14.5. The Bertz CT molecular complexity index is 1020. The van der Waals surface area contributed by atoms with E-state index in [9.17, 15) is 8.78 Å². The number of pyridine rings is 1. The minimum Gasteiger partial charge on any atom is -0.369 e. The van der Waals surface area contributed by atoms with Gasteiger partial charge in [0.1, 0.15) is 11.6 Å². The van der Waals surface area contributed by atoms with E-state index in [1.165, 1.54) is 12.1 Å². The van der Waals surface area contributed by atoms with Crippen LogP contribution in [0.15, 0.2) is 48.8 Å². The lowest BCUT2D eigenvalue weighted by atomic mass is 10.2. The lowest BCUT2D eigenvalue weighted by Gasteiger charge is -2.35. The molecule has 0 aliphatic carbocycles. The van der Waals surface area contributed by atoms with Crippen LogP contribution in [0.3, 0.4) is 0 Å². The van der Waals surface area contributed by atoms with Crippen LogP contribution in [0.25, 0.3) is 11.9 Å². The van der Waals surface area contributed by atoms with Crippen molar-refractivity contribution in [3.8, 4) is 5.82 Å². The minimum atomic E-state index is -0.542. The van der Waals surface area contributed by atoms with Crippen molar-refractivity contribution in [1.82, 2.24) is 19.7 Å². The zero-order valence-corrected chi connectivity index (χ0v) is 18.6. The number of hydrogen-bond donors (Lipinski definition) is 0. The Labute approximate surface area is 191 Å². The zero-order chi connectivity index (χ0) is 21.1. The van der Waals surface area contributed by atoms with Gasteiger partial charge in [0.15, 0.2) is 5.82 Å². The fourth-order valence-electron chi connectivity index (χ4n) is 3.55. The molecule has 0 unspecified atom stereocenters. The molecule has 0 saturated carbocycles. The predicted octanol–water partition coefficient (Wildman–Crippen LogP) is 4.76. The summed E-state index contributed by atoms with van der Waals surface area (Å²) >= 11 is 5.90. The standard InChI is InChI=1S/C22H22ClF2N5.ClH/c1-16-17(14-27-30(16)22-5-4-18(23)15-26-22)3-2-6-28-7-9-29(10-8-28)21-12-19(24)11-20(25)13-21;/h2-5,11-15H,6-10H2,1H3;1H. The molecule has 1 aliphatic rings. The van der Waals surface area contributed by atoms with Crippen molar-refractivity contribution in [2.75, 3.05) is 37.6 Å². The molecule has 9 heteroatoms. The Morgan fingerprint density at radius 3 is 2.39 bits per heavy atom. The number of aromatic nitrogens is 3. The number of rotatable bonds is 5. The summed E-state index contributed by atoms with van der Waals surface area (Å²) in [4.78, 5) is 8.63. The van der Waals surface area contributed by atoms with Crippen molar-refractivity contribution in [1.29, 1.82) is 0 Å². The fraction of sp³-hybridized carbons (Fsp3) is 0.273. The summed E-state index contributed by atoms with van der Waals surface area (Å²) in [7, 11) is 0. The Kier molecular flexibility index (Phi) is 7.64. The molecule has 5 nitrogen and oxygen atoms in total. The van der Waals surface area contributed by atoms with E-state index < -0.39 is 11.6 Å². The third kappa shape index (κ3) is 5.61. The summed E-state index contributed by atoms with van der Waals surface area (Å²) in [6, 6.07) is 7.29. The van der Waals surface area contributed by atoms with Gasteiger partial charge in [0.25, 0.3) is 0 Å².